The molecule has 5 nitrogen and oxygen atoms in total. The second-order valence-corrected chi connectivity index (χ2v) is 7.28. The molecular weight excluding hydrogens is 366 g/mol. The van der Waals surface area contributed by atoms with Gasteiger partial charge in [-0.3, -0.25) is 9.59 Å². The monoisotopic (exact) mass is 387 g/mol. The fraction of sp³-hybridized carbons (Fsp3) is 0.167. The number of carbonyl (C=O) groups excluding carboxylic acids is 2. The van der Waals surface area contributed by atoms with Gasteiger partial charge in [0, 0.05) is 5.56 Å². The van der Waals surface area contributed by atoms with E-state index in [1.807, 2.05) is 50.2 Å². The molecule has 1 saturated heterocycles. The van der Waals surface area contributed by atoms with Crippen LogP contribution in [0.3, 0.4) is 0 Å². The number of Topliss-reactive ketones (excluding diaryl/α,β-unsaturated/α-hetero) is 1. The fourth-order valence-corrected chi connectivity index (χ4v) is 3.58. The minimum absolute atomic E-state index is 0.0919. The van der Waals surface area contributed by atoms with Crippen molar-refractivity contribution in [3.8, 4) is 0 Å². The minimum Gasteiger partial charge on any atom is -0.507 e. The van der Waals surface area contributed by atoms with Crippen LogP contribution in [-0.2, 0) is 16.1 Å². The van der Waals surface area contributed by atoms with Crippen molar-refractivity contribution < 1.29 is 19.1 Å². The number of furan rings is 1. The van der Waals surface area contributed by atoms with E-state index >= 15 is 0 Å². The highest BCUT2D eigenvalue weighted by molar-refractivity contribution is 6.46. The number of aliphatic hydroxyl groups excluding tert-OH is 1. The summed E-state index contributed by atoms with van der Waals surface area (Å²) in [7, 11) is 0. The maximum Gasteiger partial charge on any atom is 0.296 e. The van der Waals surface area contributed by atoms with Crippen molar-refractivity contribution in [1.82, 2.24) is 4.90 Å². The highest BCUT2D eigenvalue weighted by atomic mass is 16.3. The molecule has 5 heteroatoms. The lowest BCUT2D eigenvalue weighted by Gasteiger charge is -2.24. The van der Waals surface area contributed by atoms with Gasteiger partial charge in [0.1, 0.15) is 11.5 Å². The van der Waals surface area contributed by atoms with E-state index in [1.54, 1.807) is 24.3 Å². The lowest BCUT2D eigenvalue weighted by molar-refractivity contribution is -0.140. The van der Waals surface area contributed by atoms with Crippen LogP contribution in [0, 0.1) is 13.8 Å². The molecule has 0 aliphatic carbocycles. The number of rotatable bonds is 4. The Morgan fingerprint density at radius 3 is 2.17 bits per heavy atom. The van der Waals surface area contributed by atoms with E-state index in [9.17, 15) is 14.7 Å². The smallest absolute Gasteiger partial charge is 0.296 e. The van der Waals surface area contributed by atoms with Gasteiger partial charge in [-0.25, -0.2) is 0 Å². The Balaban J connectivity index is 1.86. The molecule has 0 saturated carbocycles. The number of nitrogens with zero attached hydrogens (tertiary/aromatic N) is 1. The zero-order chi connectivity index (χ0) is 20.5. The standard InChI is InChI=1S/C24H21NO4/c1-15-5-9-17(10-6-15)21-20(22(26)18-11-7-16(2)8-12-18)23(27)24(28)25(21)14-19-4-3-13-29-19/h3-13,21,26H,14H2,1-2H3/b22-20+/t21-/m1/s1. The maximum absolute atomic E-state index is 12.9. The number of likely N-dealkylation sites (tertiary alicyclic amines) is 1. The molecule has 1 amide bonds. The molecular formula is C24H21NO4. The molecule has 1 aliphatic rings. The van der Waals surface area contributed by atoms with Crippen LogP contribution in [0.25, 0.3) is 5.76 Å². The summed E-state index contributed by atoms with van der Waals surface area (Å²) < 4.78 is 5.39. The Labute approximate surface area is 168 Å². The lowest BCUT2D eigenvalue weighted by Crippen LogP contribution is -2.29. The summed E-state index contributed by atoms with van der Waals surface area (Å²) >= 11 is 0. The summed E-state index contributed by atoms with van der Waals surface area (Å²) in [6.07, 6.45) is 1.53. The van der Waals surface area contributed by atoms with E-state index in [1.165, 1.54) is 11.2 Å². The third kappa shape index (κ3) is 3.47. The zero-order valence-electron chi connectivity index (χ0n) is 16.3. The quantitative estimate of drug-likeness (QED) is 0.406. The molecule has 1 atom stereocenters. The predicted octanol–water partition coefficient (Wildman–Crippen LogP) is 4.52. The van der Waals surface area contributed by atoms with E-state index in [0.29, 0.717) is 11.3 Å². The van der Waals surface area contributed by atoms with Crippen molar-refractivity contribution in [3.63, 3.8) is 0 Å². The van der Waals surface area contributed by atoms with Gasteiger partial charge in [-0.05, 0) is 31.5 Å². The summed E-state index contributed by atoms with van der Waals surface area (Å²) in [5, 5.41) is 11.0. The number of hydrogen-bond acceptors (Lipinski definition) is 4. The second kappa shape index (κ2) is 7.43. The van der Waals surface area contributed by atoms with Crippen molar-refractivity contribution in [2.75, 3.05) is 0 Å². The molecule has 0 spiro atoms. The molecule has 0 unspecified atom stereocenters. The van der Waals surface area contributed by atoms with Crippen molar-refractivity contribution in [2.24, 2.45) is 0 Å². The molecule has 2 heterocycles. The van der Waals surface area contributed by atoms with Gasteiger partial charge < -0.3 is 14.4 Å². The SMILES string of the molecule is Cc1ccc(/C(O)=C2\C(=O)C(=O)N(Cc3ccco3)[C@@H]2c2ccc(C)cc2)cc1. The molecule has 1 fully saturated rings. The first-order valence-electron chi connectivity index (χ1n) is 9.40. The van der Waals surface area contributed by atoms with Crippen LogP contribution >= 0.6 is 0 Å². The number of amides is 1. The number of carbonyl (C=O) groups is 2. The normalized spacial score (nSPS) is 18.4. The van der Waals surface area contributed by atoms with E-state index in [0.717, 1.165) is 16.7 Å². The van der Waals surface area contributed by atoms with Crippen LogP contribution < -0.4 is 0 Å². The third-order valence-corrected chi connectivity index (χ3v) is 5.16. The molecule has 0 bridgehead atoms. The van der Waals surface area contributed by atoms with Crippen molar-refractivity contribution in [3.05, 3.63) is 101 Å². The average Bonchev–Trinajstić information content (AvgIpc) is 3.31. The number of ketones is 1. The van der Waals surface area contributed by atoms with Gasteiger partial charge >= 0.3 is 0 Å². The van der Waals surface area contributed by atoms with Crippen molar-refractivity contribution in [2.45, 2.75) is 26.4 Å². The fourth-order valence-electron chi connectivity index (χ4n) is 3.58. The molecule has 4 rings (SSSR count). The Morgan fingerprint density at radius 1 is 0.966 bits per heavy atom. The first-order chi connectivity index (χ1) is 14.0. The van der Waals surface area contributed by atoms with Gasteiger partial charge in [0.15, 0.2) is 0 Å². The Hall–Kier alpha value is -3.60. The number of hydrogen-bond donors (Lipinski definition) is 1. The number of benzene rings is 2. The summed E-state index contributed by atoms with van der Waals surface area (Å²) in [5.74, 6) is -0.948. The largest absolute Gasteiger partial charge is 0.507 e. The zero-order valence-corrected chi connectivity index (χ0v) is 16.3. The van der Waals surface area contributed by atoms with Crippen LogP contribution in [0.15, 0.2) is 76.9 Å². The second-order valence-electron chi connectivity index (χ2n) is 7.28. The van der Waals surface area contributed by atoms with Gasteiger partial charge in [0.2, 0.25) is 0 Å². The van der Waals surface area contributed by atoms with Crippen LogP contribution in [0.2, 0.25) is 0 Å². The Kier molecular flexibility index (Phi) is 4.80. The first kappa shape index (κ1) is 18.7. The summed E-state index contributed by atoms with van der Waals surface area (Å²) in [4.78, 5) is 27.3. The van der Waals surface area contributed by atoms with Gasteiger partial charge in [0.05, 0.1) is 24.4 Å². The van der Waals surface area contributed by atoms with Gasteiger partial charge in [-0.15, -0.1) is 0 Å². The highest BCUT2D eigenvalue weighted by Crippen LogP contribution is 2.40. The summed E-state index contributed by atoms with van der Waals surface area (Å²) in [6, 6.07) is 17.6. The summed E-state index contributed by atoms with van der Waals surface area (Å²) in [5.41, 5.74) is 3.46. The Morgan fingerprint density at radius 2 is 1.59 bits per heavy atom. The van der Waals surface area contributed by atoms with E-state index < -0.39 is 17.7 Å². The molecule has 2 aromatic carbocycles. The lowest BCUT2D eigenvalue weighted by atomic mass is 9.94. The first-order valence-corrected chi connectivity index (χ1v) is 9.40. The minimum atomic E-state index is -0.694. The maximum atomic E-state index is 12.9. The van der Waals surface area contributed by atoms with Gasteiger partial charge in [-0.2, -0.15) is 0 Å². The van der Waals surface area contributed by atoms with E-state index in [2.05, 4.69) is 0 Å². The van der Waals surface area contributed by atoms with Crippen LogP contribution in [-0.4, -0.2) is 21.7 Å². The molecule has 29 heavy (non-hydrogen) atoms. The van der Waals surface area contributed by atoms with Crippen LogP contribution in [0.1, 0.15) is 34.1 Å². The average molecular weight is 387 g/mol. The van der Waals surface area contributed by atoms with Gasteiger partial charge in [0.25, 0.3) is 11.7 Å². The van der Waals surface area contributed by atoms with E-state index in [4.69, 9.17) is 4.42 Å². The topological polar surface area (TPSA) is 70.8 Å². The highest BCUT2D eigenvalue weighted by Gasteiger charge is 2.46. The van der Waals surface area contributed by atoms with Crippen molar-refractivity contribution >= 4 is 17.4 Å². The predicted molar refractivity (Wildman–Crippen MR) is 109 cm³/mol. The van der Waals surface area contributed by atoms with Crippen LogP contribution in [0.4, 0.5) is 0 Å². The summed E-state index contributed by atoms with van der Waals surface area (Å²) in [6.45, 7) is 4.05. The molecule has 0 radical (unpaired) electrons. The van der Waals surface area contributed by atoms with Gasteiger partial charge in [-0.1, -0.05) is 59.7 Å². The molecule has 146 valence electrons. The molecule has 1 aliphatic heterocycles. The molecule has 1 aromatic heterocycles. The van der Waals surface area contributed by atoms with Crippen molar-refractivity contribution in [1.29, 1.82) is 0 Å². The van der Waals surface area contributed by atoms with E-state index in [-0.39, 0.29) is 17.9 Å². The number of aliphatic hydroxyl groups is 1. The number of aryl methyl sites for hydroxylation is 2. The van der Waals surface area contributed by atoms with Crippen LogP contribution in [0.5, 0.6) is 0 Å². The third-order valence-electron chi connectivity index (χ3n) is 5.16. The molecule has 3 aromatic rings. The Bertz CT molecular complexity index is 1080. The molecule has 1 N–H and O–H groups in total.